The zero-order chi connectivity index (χ0) is 32.8. The SMILES string of the molecule is CC(=Nc1ccc(N=C(C)c2cccc(C(C)=Nc3cc(F)ccc3F)n2)cc1)c1cccc(C(C)=Nc2cc(F)ccc2F)n1. The number of benzene rings is 3. The molecule has 0 aliphatic rings. The monoisotopic (exact) mass is 620 g/mol. The average Bonchev–Trinajstić information content (AvgIpc) is 3.05. The van der Waals surface area contributed by atoms with Gasteiger partial charge in [0, 0.05) is 12.1 Å². The minimum absolute atomic E-state index is 0.0990. The average molecular weight is 621 g/mol. The van der Waals surface area contributed by atoms with Crippen LogP contribution in [0.1, 0.15) is 50.5 Å². The highest BCUT2D eigenvalue weighted by Crippen LogP contribution is 2.23. The Labute approximate surface area is 263 Å². The summed E-state index contributed by atoms with van der Waals surface area (Å²) in [5.74, 6) is -2.40. The molecule has 0 N–H and O–H groups in total. The molecule has 0 atom stereocenters. The number of rotatable bonds is 8. The number of hydrogen-bond donors (Lipinski definition) is 0. The van der Waals surface area contributed by atoms with Crippen molar-refractivity contribution in [1.29, 1.82) is 0 Å². The molecule has 0 saturated heterocycles. The number of pyridine rings is 2. The van der Waals surface area contributed by atoms with Gasteiger partial charge in [0.2, 0.25) is 0 Å². The second-order valence-corrected chi connectivity index (χ2v) is 10.3. The summed E-state index contributed by atoms with van der Waals surface area (Å²) < 4.78 is 55.3. The van der Waals surface area contributed by atoms with Gasteiger partial charge in [-0.15, -0.1) is 0 Å². The zero-order valence-corrected chi connectivity index (χ0v) is 25.4. The summed E-state index contributed by atoms with van der Waals surface area (Å²) in [4.78, 5) is 27.0. The van der Waals surface area contributed by atoms with Crippen molar-refractivity contribution >= 4 is 45.6 Å². The van der Waals surface area contributed by atoms with Crippen LogP contribution in [0.5, 0.6) is 0 Å². The summed E-state index contributed by atoms with van der Waals surface area (Å²) in [6, 6.07) is 24.2. The van der Waals surface area contributed by atoms with Crippen LogP contribution >= 0.6 is 0 Å². The van der Waals surface area contributed by atoms with Crippen LogP contribution in [0.4, 0.5) is 40.3 Å². The van der Waals surface area contributed by atoms with Gasteiger partial charge < -0.3 is 0 Å². The molecule has 5 rings (SSSR count). The molecule has 3 aromatic carbocycles. The Morgan fingerprint density at radius 3 is 1.11 bits per heavy atom. The highest BCUT2D eigenvalue weighted by Gasteiger charge is 2.10. The number of aromatic nitrogens is 2. The predicted molar refractivity (Wildman–Crippen MR) is 175 cm³/mol. The van der Waals surface area contributed by atoms with Gasteiger partial charge in [-0.3, -0.25) is 9.98 Å². The maximum absolute atomic E-state index is 14.1. The predicted octanol–water partition coefficient (Wildman–Crippen LogP) is 9.60. The van der Waals surface area contributed by atoms with Gasteiger partial charge in [-0.05, 0) is 100 Å². The first kappa shape index (κ1) is 31.8. The van der Waals surface area contributed by atoms with Crippen LogP contribution in [-0.2, 0) is 0 Å². The van der Waals surface area contributed by atoms with Gasteiger partial charge in [-0.2, -0.15) is 0 Å². The third-order valence-corrected chi connectivity index (χ3v) is 6.82. The first-order chi connectivity index (χ1) is 22.0. The van der Waals surface area contributed by atoms with Crippen molar-refractivity contribution in [3.63, 3.8) is 0 Å². The standard InChI is InChI=1S/C36H28F4N6/c1-21(31-7-5-9-33(45-31)23(3)43-35-19-25(37)11-17-29(35)39)41-27-13-15-28(16-14-27)42-22(2)32-8-6-10-34(46-32)24(4)44-36-20-26(38)12-18-30(36)40/h5-20H,1-4H3. The quantitative estimate of drug-likeness (QED) is 0.128. The second kappa shape index (κ2) is 14.0. The van der Waals surface area contributed by atoms with E-state index in [-0.39, 0.29) is 11.4 Å². The van der Waals surface area contributed by atoms with E-state index in [2.05, 4.69) is 29.9 Å². The Kier molecular flexibility index (Phi) is 9.66. The van der Waals surface area contributed by atoms with Crippen LogP contribution in [0, 0.1) is 23.3 Å². The number of hydrogen-bond acceptors (Lipinski definition) is 6. The molecule has 0 radical (unpaired) electrons. The van der Waals surface area contributed by atoms with Gasteiger partial charge in [0.25, 0.3) is 0 Å². The summed E-state index contributed by atoms with van der Waals surface area (Å²) in [6.07, 6.45) is 0. The van der Waals surface area contributed by atoms with E-state index in [0.29, 0.717) is 57.0 Å². The summed E-state index contributed by atoms with van der Waals surface area (Å²) >= 11 is 0. The van der Waals surface area contributed by atoms with E-state index in [4.69, 9.17) is 0 Å². The van der Waals surface area contributed by atoms with Crippen molar-refractivity contribution < 1.29 is 17.6 Å². The molecule has 2 heterocycles. The summed E-state index contributed by atoms with van der Waals surface area (Å²) in [7, 11) is 0. The Morgan fingerprint density at radius 2 is 0.761 bits per heavy atom. The van der Waals surface area contributed by atoms with Crippen LogP contribution in [-0.4, -0.2) is 32.8 Å². The van der Waals surface area contributed by atoms with E-state index in [1.165, 1.54) is 0 Å². The van der Waals surface area contributed by atoms with E-state index in [1.807, 2.05) is 50.2 Å². The first-order valence-electron chi connectivity index (χ1n) is 14.2. The first-order valence-corrected chi connectivity index (χ1v) is 14.2. The smallest absolute Gasteiger partial charge is 0.149 e. The molecule has 0 saturated carbocycles. The zero-order valence-electron chi connectivity index (χ0n) is 25.4. The number of halogens is 4. The second-order valence-electron chi connectivity index (χ2n) is 10.3. The van der Waals surface area contributed by atoms with Gasteiger partial charge in [0.15, 0.2) is 0 Å². The molecule has 230 valence electrons. The topological polar surface area (TPSA) is 75.2 Å². The van der Waals surface area contributed by atoms with Crippen LogP contribution < -0.4 is 0 Å². The van der Waals surface area contributed by atoms with Crippen molar-refractivity contribution in [2.24, 2.45) is 20.0 Å². The van der Waals surface area contributed by atoms with Gasteiger partial charge in [0.1, 0.15) is 34.6 Å². The number of nitrogens with zero attached hydrogens (tertiary/aromatic N) is 6. The summed E-state index contributed by atoms with van der Waals surface area (Å²) in [5, 5.41) is 0. The van der Waals surface area contributed by atoms with Crippen molar-refractivity contribution in [2.75, 3.05) is 0 Å². The van der Waals surface area contributed by atoms with Gasteiger partial charge >= 0.3 is 0 Å². The molecule has 46 heavy (non-hydrogen) atoms. The van der Waals surface area contributed by atoms with Gasteiger partial charge in [-0.1, -0.05) is 12.1 Å². The molecule has 0 aliphatic heterocycles. The Bertz CT molecular complexity index is 1890. The lowest BCUT2D eigenvalue weighted by Crippen LogP contribution is -2.05. The summed E-state index contributed by atoms with van der Waals surface area (Å²) in [6.45, 7) is 7.01. The van der Waals surface area contributed by atoms with Crippen LogP contribution in [0.15, 0.2) is 117 Å². The molecule has 6 nitrogen and oxygen atoms in total. The molecule has 0 spiro atoms. The third-order valence-electron chi connectivity index (χ3n) is 6.82. The lowest BCUT2D eigenvalue weighted by atomic mass is 10.2. The Balaban J connectivity index is 1.31. The van der Waals surface area contributed by atoms with Crippen molar-refractivity contribution in [3.05, 3.63) is 143 Å². The minimum atomic E-state index is -0.623. The fraction of sp³-hybridized carbons (Fsp3) is 0.111. The minimum Gasteiger partial charge on any atom is -0.252 e. The van der Waals surface area contributed by atoms with Gasteiger partial charge in [0.05, 0.1) is 57.0 Å². The fourth-order valence-electron chi connectivity index (χ4n) is 4.40. The molecular formula is C36H28F4N6. The Morgan fingerprint density at radius 1 is 0.435 bits per heavy atom. The van der Waals surface area contributed by atoms with Crippen molar-refractivity contribution in [3.8, 4) is 0 Å². The van der Waals surface area contributed by atoms with Crippen LogP contribution in [0.25, 0.3) is 0 Å². The molecule has 0 unspecified atom stereocenters. The van der Waals surface area contributed by atoms with Crippen molar-refractivity contribution in [1.82, 2.24) is 9.97 Å². The summed E-state index contributed by atoms with van der Waals surface area (Å²) in [5.41, 5.74) is 5.56. The molecule has 0 amide bonds. The molecule has 10 heteroatoms. The van der Waals surface area contributed by atoms with Crippen LogP contribution in [0.2, 0.25) is 0 Å². The molecule has 0 bridgehead atoms. The molecule has 5 aromatic rings. The maximum Gasteiger partial charge on any atom is 0.149 e. The third kappa shape index (κ3) is 7.89. The van der Waals surface area contributed by atoms with E-state index in [1.54, 1.807) is 38.1 Å². The lowest BCUT2D eigenvalue weighted by molar-refractivity contribution is 0.602. The van der Waals surface area contributed by atoms with E-state index in [0.717, 1.165) is 36.4 Å². The normalized spacial score (nSPS) is 12.9. The lowest BCUT2D eigenvalue weighted by Gasteiger charge is -2.06. The Hall–Kier alpha value is -5.64. The van der Waals surface area contributed by atoms with E-state index in [9.17, 15) is 17.6 Å². The highest BCUT2D eigenvalue weighted by molar-refractivity contribution is 6.03. The number of aliphatic imine (C=N–C) groups is 4. The van der Waals surface area contributed by atoms with Crippen molar-refractivity contribution in [2.45, 2.75) is 27.7 Å². The fourth-order valence-corrected chi connectivity index (χ4v) is 4.40. The maximum atomic E-state index is 14.1. The highest BCUT2D eigenvalue weighted by atomic mass is 19.1. The van der Waals surface area contributed by atoms with Gasteiger partial charge in [-0.25, -0.2) is 37.5 Å². The molecule has 2 aromatic heterocycles. The largest absolute Gasteiger partial charge is 0.252 e. The van der Waals surface area contributed by atoms with E-state index < -0.39 is 23.3 Å². The molecular weight excluding hydrogens is 592 g/mol. The molecule has 0 fully saturated rings. The van der Waals surface area contributed by atoms with E-state index >= 15 is 0 Å². The molecule has 0 aliphatic carbocycles. The van der Waals surface area contributed by atoms with Crippen LogP contribution in [0.3, 0.4) is 0 Å².